The number of benzene rings is 1. The van der Waals surface area contributed by atoms with Crippen LogP contribution in [0, 0.1) is 11.8 Å². The molecule has 0 aliphatic carbocycles. The van der Waals surface area contributed by atoms with Crippen molar-refractivity contribution >= 4 is 28.7 Å². The molecular formula is C23H19N7O2. The molecule has 3 aromatic heterocycles. The average molecular weight is 425 g/mol. The lowest BCUT2D eigenvalue weighted by molar-refractivity contribution is 0.100. The molecule has 0 spiro atoms. The molecule has 4 aromatic rings. The largest absolute Gasteiger partial charge is 0.374 e. The van der Waals surface area contributed by atoms with E-state index in [0.717, 1.165) is 0 Å². The van der Waals surface area contributed by atoms with Crippen LogP contribution in [0.25, 0.3) is 5.65 Å². The first-order chi connectivity index (χ1) is 15.4. The zero-order chi connectivity index (χ0) is 22.7. The lowest BCUT2D eigenvalue weighted by atomic mass is 10.1. The maximum absolute atomic E-state index is 12.7. The van der Waals surface area contributed by atoms with Gasteiger partial charge in [0.15, 0.2) is 11.4 Å². The molecule has 0 unspecified atom stereocenters. The van der Waals surface area contributed by atoms with Crippen molar-refractivity contribution in [2.24, 2.45) is 0 Å². The molecule has 158 valence electrons. The summed E-state index contributed by atoms with van der Waals surface area (Å²) in [6.45, 7) is 1.47. The van der Waals surface area contributed by atoms with Gasteiger partial charge >= 0.3 is 0 Å². The summed E-state index contributed by atoms with van der Waals surface area (Å²) in [7, 11) is 3.67. The standard InChI is InChI=1S/C23H19N7O2/c1-15(31)16-7-6-8-17(13-16)25-23(32)22-24-14-19(29(2)3)18(26-22)10-11-21-28-27-20-9-4-5-12-30(20)21/h4-9,12-14H,1-3H3,(H,25,32). The third kappa shape index (κ3) is 4.29. The van der Waals surface area contributed by atoms with E-state index in [-0.39, 0.29) is 11.6 Å². The predicted octanol–water partition coefficient (Wildman–Crippen LogP) is 2.44. The minimum Gasteiger partial charge on any atom is -0.374 e. The van der Waals surface area contributed by atoms with Crippen molar-refractivity contribution in [1.29, 1.82) is 0 Å². The second kappa shape index (κ2) is 8.65. The van der Waals surface area contributed by atoms with Crippen LogP contribution in [0.5, 0.6) is 0 Å². The first-order valence-corrected chi connectivity index (χ1v) is 9.71. The summed E-state index contributed by atoms with van der Waals surface area (Å²) in [6, 6.07) is 12.2. The Labute approximate surface area is 184 Å². The number of pyridine rings is 1. The molecule has 0 fully saturated rings. The molecule has 1 aromatic carbocycles. The number of carbonyl (C=O) groups excluding carboxylic acids is 2. The van der Waals surface area contributed by atoms with E-state index in [1.807, 2.05) is 43.4 Å². The van der Waals surface area contributed by atoms with Crippen molar-refractivity contribution in [2.45, 2.75) is 6.92 Å². The summed E-state index contributed by atoms with van der Waals surface area (Å²) in [5.41, 5.74) is 2.69. The Bertz CT molecular complexity index is 1400. The summed E-state index contributed by atoms with van der Waals surface area (Å²) in [4.78, 5) is 34.7. The first kappa shape index (κ1) is 20.7. The molecule has 0 aliphatic rings. The Balaban J connectivity index is 1.66. The van der Waals surface area contributed by atoms with Crippen LogP contribution in [0.1, 0.15) is 39.4 Å². The monoisotopic (exact) mass is 425 g/mol. The van der Waals surface area contributed by atoms with Gasteiger partial charge in [-0.15, -0.1) is 10.2 Å². The minimum atomic E-state index is -0.507. The van der Waals surface area contributed by atoms with Crippen molar-refractivity contribution < 1.29 is 9.59 Å². The van der Waals surface area contributed by atoms with Gasteiger partial charge in [0.2, 0.25) is 11.6 Å². The molecule has 0 aliphatic heterocycles. The molecule has 32 heavy (non-hydrogen) atoms. The topological polar surface area (TPSA) is 105 Å². The number of ketones is 1. The highest BCUT2D eigenvalue weighted by molar-refractivity contribution is 6.03. The molecule has 0 saturated carbocycles. The van der Waals surface area contributed by atoms with E-state index in [0.29, 0.717) is 34.1 Å². The summed E-state index contributed by atoms with van der Waals surface area (Å²) in [5.74, 6) is 5.76. The van der Waals surface area contributed by atoms with E-state index in [4.69, 9.17) is 0 Å². The van der Waals surface area contributed by atoms with E-state index < -0.39 is 5.91 Å². The van der Waals surface area contributed by atoms with Gasteiger partial charge in [0.25, 0.3) is 5.91 Å². The number of anilines is 2. The summed E-state index contributed by atoms with van der Waals surface area (Å²) >= 11 is 0. The van der Waals surface area contributed by atoms with Gasteiger partial charge in [-0.2, -0.15) is 0 Å². The zero-order valence-electron chi connectivity index (χ0n) is 17.7. The normalized spacial score (nSPS) is 10.3. The fraction of sp³-hybridized carbons (Fsp3) is 0.130. The summed E-state index contributed by atoms with van der Waals surface area (Å²) < 4.78 is 1.76. The average Bonchev–Trinajstić information content (AvgIpc) is 3.20. The number of aromatic nitrogens is 5. The van der Waals surface area contributed by atoms with Crippen molar-refractivity contribution in [2.75, 3.05) is 24.3 Å². The lowest BCUT2D eigenvalue weighted by Crippen LogP contribution is -2.19. The number of fused-ring (bicyclic) bond motifs is 1. The van der Waals surface area contributed by atoms with E-state index >= 15 is 0 Å². The van der Waals surface area contributed by atoms with E-state index in [9.17, 15) is 9.59 Å². The van der Waals surface area contributed by atoms with Gasteiger partial charge in [-0.3, -0.25) is 14.0 Å². The third-order valence-electron chi connectivity index (χ3n) is 4.59. The fourth-order valence-electron chi connectivity index (χ4n) is 2.95. The maximum Gasteiger partial charge on any atom is 0.293 e. The van der Waals surface area contributed by atoms with Gasteiger partial charge in [-0.1, -0.05) is 18.2 Å². The Morgan fingerprint density at radius 1 is 1.06 bits per heavy atom. The smallest absolute Gasteiger partial charge is 0.293 e. The van der Waals surface area contributed by atoms with E-state index in [2.05, 4.69) is 37.3 Å². The van der Waals surface area contributed by atoms with Crippen LogP contribution in [-0.2, 0) is 0 Å². The Hall–Kier alpha value is -4.58. The summed E-state index contributed by atoms with van der Waals surface area (Å²) in [5, 5.41) is 10.9. The SMILES string of the molecule is CC(=O)c1cccc(NC(=O)c2ncc(N(C)C)c(C#Cc3nnc4ccccn34)n2)c1. The summed E-state index contributed by atoms with van der Waals surface area (Å²) in [6.07, 6.45) is 3.36. The molecule has 0 radical (unpaired) electrons. The van der Waals surface area contributed by atoms with E-state index in [1.165, 1.54) is 6.92 Å². The second-order valence-electron chi connectivity index (χ2n) is 7.12. The number of rotatable bonds is 4. The molecule has 1 N–H and O–H groups in total. The van der Waals surface area contributed by atoms with Crippen LogP contribution in [0.4, 0.5) is 11.4 Å². The molecule has 1 amide bonds. The number of nitrogens with zero attached hydrogens (tertiary/aromatic N) is 6. The van der Waals surface area contributed by atoms with Gasteiger partial charge in [-0.25, -0.2) is 9.97 Å². The van der Waals surface area contributed by atoms with Crippen LogP contribution in [0.2, 0.25) is 0 Å². The van der Waals surface area contributed by atoms with Crippen molar-refractivity contribution in [3.63, 3.8) is 0 Å². The lowest BCUT2D eigenvalue weighted by Gasteiger charge is -2.14. The number of hydrogen-bond donors (Lipinski definition) is 1. The van der Waals surface area contributed by atoms with Gasteiger partial charge in [0.05, 0.1) is 11.9 Å². The molecule has 9 nitrogen and oxygen atoms in total. The van der Waals surface area contributed by atoms with Gasteiger partial charge in [-0.05, 0) is 43.0 Å². The second-order valence-corrected chi connectivity index (χ2v) is 7.12. The van der Waals surface area contributed by atoms with Crippen LogP contribution < -0.4 is 10.2 Å². The highest BCUT2D eigenvalue weighted by Gasteiger charge is 2.15. The molecule has 3 heterocycles. The van der Waals surface area contributed by atoms with Crippen molar-refractivity contribution in [3.8, 4) is 11.8 Å². The Morgan fingerprint density at radius 3 is 2.69 bits per heavy atom. The first-order valence-electron chi connectivity index (χ1n) is 9.71. The highest BCUT2D eigenvalue weighted by Crippen LogP contribution is 2.16. The number of Topliss-reactive ketones (excluding diaryl/α,β-unsaturated/α-hetero) is 1. The number of hydrogen-bond acceptors (Lipinski definition) is 7. The highest BCUT2D eigenvalue weighted by atomic mass is 16.2. The van der Waals surface area contributed by atoms with Crippen molar-refractivity contribution in [3.05, 3.63) is 77.8 Å². The van der Waals surface area contributed by atoms with Crippen LogP contribution >= 0.6 is 0 Å². The molecule has 0 atom stereocenters. The number of nitrogens with one attached hydrogen (secondary N) is 1. The Kier molecular flexibility index (Phi) is 5.59. The molecule has 9 heteroatoms. The van der Waals surface area contributed by atoms with Crippen LogP contribution in [0.3, 0.4) is 0 Å². The predicted molar refractivity (Wildman–Crippen MR) is 120 cm³/mol. The quantitative estimate of drug-likeness (QED) is 0.395. The zero-order valence-corrected chi connectivity index (χ0v) is 17.7. The number of carbonyl (C=O) groups is 2. The minimum absolute atomic E-state index is 0.0424. The van der Waals surface area contributed by atoms with E-state index in [1.54, 1.807) is 34.9 Å². The van der Waals surface area contributed by atoms with Crippen LogP contribution in [-0.4, -0.2) is 50.4 Å². The van der Waals surface area contributed by atoms with Gasteiger partial charge in [0.1, 0.15) is 5.69 Å². The van der Waals surface area contributed by atoms with Crippen LogP contribution in [0.15, 0.2) is 54.9 Å². The molecule has 0 saturated heterocycles. The third-order valence-corrected chi connectivity index (χ3v) is 4.59. The fourth-order valence-corrected chi connectivity index (χ4v) is 2.95. The van der Waals surface area contributed by atoms with Crippen molar-refractivity contribution in [1.82, 2.24) is 24.6 Å². The molecule has 4 rings (SSSR count). The molecular weight excluding hydrogens is 406 g/mol. The van der Waals surface area contributed by atoms with Gasteiger partial charge in [0, 0.05) is 31.5 Å². The Morgan fingerprint density at radius 2 is 1.91 bits per heavy atom. The van der Waals surface area contributed by atoms with Gasteiger partial charge < -0.3 is 10.2 Å². The number of amides is 1. The molecule has 0 bridgehead atoms. The maximum atomic E-state index is 12.7.